The fourth-order valence-electron chi connectivity index (χ4n) is 4.51. The van der Waals surface area contributed by atoms with Crippen LogP contribution in [0.4, 0.5) is 18.9 Å². The summed E-state index contributed by atoms with van der Waals surface area (Å²) >= 11 is 0. The van der Waals surface area contributed by atoms with Crippen molar-refractivity contribution in [3.05, 3.63) is 88.0 Å². The van der Waals surface area contributed by atoms with Crippen LogP contribution in [0.1, 0.15) is 45.1 Å². The Morgan fingerprint density at radius 3 is 2.34 bits per heavy atom. The molecule has 4 nitrogen and oxygen atoms in total. The molecule has 0 fully saturated rings. The summed E-state index contributed by atoms with van der Waals surface area (Å²) in [7, 11) is 0. The van der Waals surface area contributed by atoms with Gasteiger partial charge < -0.3 is 10.6 Å². The molecular weight excluding hydrogens is 417 g/mol. The van der Waals surface area contributed by atoms with Gasteiger partial charge in [0.1, 0.15) is 17.5 Å². The van der Waals surface area contributed by atoms with Gasteiger partial charge in [0.2, 0.25) is 0 Å². The maximum atomic E-state index is 14.2. The zero-order valence-corrected chi connectivity index (χ0v) is 18.0. The van der Waals surface area contributed by atoms with Crippen molar-refractivity contribution < 1.29 is 22.8 Å². The normalized spacial score (nSPS) is 20.1. The number of rotatable bonds is 3. The van der Waals surface area contributed by atoms with Crippen LogP contribution in [-0.2, 0) is 9.59 Å². The second-order valence-corrected chi connectivity index (χ2v) is 9.06. The van der Waals surface area contributed by atoms with E-state index >= 15 is 0 Å². The van der Waals surface area contributed by atoms with Gasteiger partial charge >= 0.3 is 0 Å². The van der Waals surface area contributed by atoms with Crippen molar-refractivity contribution in [3.63, 3.8) is 0 Å². The first kappa shape index (κ1) is 21.9. The molecule has 0 aromatic heterocycles. The highest BCUT2D eigenvalue weighted by Crippen LogP contribution is 2.46. The number of hydrogen-bond donors (Lipinski definition) is 2. The van der Waals surface area contributed by atoms with Crippen LogP contribution in [0.5, 0.6) is 0 Å². The Morgan fingerprint density at radius 1 is 1.03 bits per heavy atom. The van der Waals surface area contributed by atoms with Crippen molar-refractivity contribution in [1.82, 2.24) is 5.32 Å². The van der Waals surface area contributed by atoms with Gasteiger partial charge in [-0.1, -0.05) is 26.0 Å². The second-order valence-electron chi connectivity index (χ2n) is 9.06. The fraction of sp³-hybridized carbons (Fsp3) is 0.280. The number of carbonyl (C=O) groups excluding carboxylic acids is 2. The van der Waals surface area contributed by atoms with Crippen LogP contribution in [0.3, 0.4) is 0 Å². The Labute approximate surface area is 184 Å². The van der Waals surface area contributed by atoms with Crippen molar-refractivity contribution >= 4 is 17.4 Å². The smallest absolute Gasteiger partial charge is 0.254 e. The predicted molar refractivity (Wildman–Crippen MR) is 115 cm³/mol. The third-order valence-electron chi connectivity index (χ3n) is 5.87. The molecule has 2 aromatic carbocycles. The van der Waals surface area contributed by atoms with E-state index in [0.717, 1.165) is 17.8 Å². The largest absolute Gasteiger partial charge is 0.362 e. The lowest BCUT2D eigenvalue weighted by Gasteiger charge is -2.39. The molecule has 2 aliphatic rings. The molecule has 7 heteroatoms. The van der Waals surface area contributed by atoms with E-state index in [-0.39, 0.29) is 22.5 Å². The van der Waals surface area contributed by atoms with Crippen molar-refractivity contribution in [2.75, 3.05) is 5.32 Å². The molecule has 0 saturated heterocycles. The molecule has 1 heterocycles. The number of amides is 1. The van der Waals surface area contributed by atoms with Gasteiger partial charge in [0.15, 0.2) is 5.78 Å². The Hall–Kier alpha value is -3.35. The first-order chi connectivity index (χ1) is 15.1. The second kappa shape index (κ2) is 7.97. The van der Waals surface area contributed by atoms with E-state index in [4.69, 9.17) is 0 Å². The standard InChI is InChI=1S/C25H23F3N2O2/c1-13-21(24(32)30-18-9-8-16(27)10-17(18)28)22(14-4-6-15(26)7-5-14)23-19(29-13)11-25(2,3)12-20(23)31/h4-10,22,29H,11-12H2,1-3H3,(H,30,32)/t22-/m1/s1. The van der Waals surface area contributed by atoms with Crippen LogP contribution in [0.15, 0.2) is 65.0 Å². The van der Waals surface area contributed by atoms with E-state index in [0.29, 0.717) is 35.7 Å². The lowest BCUT2D eigenvalue weighted by atomic mass is 9.68. The van der Waals surface area contributed by atoms with E-state index in [2.05, 4.69) is 10.6 Å². The molecule has 1 aliphatic heterocycles. The third kappa shape index (κ3) is 4.07. The van der Waals surface area contributed by atoms with Gasteiger partial charge in [-0.05, 0) is 48.6 Å². The molecule has 0 saturated carbocycles. The number of carbonyl (C=O) groups is 2. The van der Waals surface area contributed by atoms with Gasteiger partial charge in [-0.25, -0.2) is 13.2 Å². The summed E-state index contributed by atoms with van der Waals surface area (Å²) in [4.78, 5) is 26.5. The van der Waals surface area contributed by atoms with E-state index in [9.17, 15) is 22.8 Å². The van der Waals surface area contributed by atoms with Gasteiger partial charge in [0.25, 0.3) is 5.91 Å². The van der Waals surface area contributed by atoms with Gasteiger partial charge in [-0.2, -0.15) is 0 Å². The van der Waals surface area contributed by atoms with Crippen LogP contribution >= 0.6 is 0 Å². The maximum Gasteiger partial charge on any atom is 0.254 e. The van der Waals surface area contributed by atoms with Crippen LogP contribution < -0.4 is 10.6 Å². The monoisotopic (exact) mass is 440 g/mol. The van der Waals surface area contributed by atoms with Crippen LogP contribution in [0.25, 0.3) is 0 Å². The van der Waals surface area contributed by atoms with E-state index in [1.165, 1.54) is 12.1 Å². The summed E-state index contributed by atoms with van der Waals surface area (Å²) in [5.74, 6) is -3.56. The third-order valence-corrected chi connectivity index (χ3v) is 5.87. The number of halogens is 3. The number of anilines is 1. The molecule has 0 radical (unpaired) electrons. The first-order valence-corrected chi connectivity index (χ1v) is 10.3. The minimum absolute atomic E-state index is 0.0937. The van der Waals surface area contributed by atoms with Crippen molar-refractivity contribution in [2.45, 2.75) is 39.5 Å². The molecule has 2 N–H and O–H groups in total. The number of dihydropyridines is 1. The van der Waals surface area contributed by atoms with Crippen LogP contribution in [0.2, 0.25) is 0 Å². The average Bonchev–Trinajstić information content (AvgIpc) is 2.68. The lowest BCUT2D eigenvalue weighted by Crippen LogP contribution is -2.39. The molecule has 166 valence electrons. The van der Waals surface area contributed by atoms with Crippen LogP contribution in [0, 0.1) is 22.9 Å². The van der Waals surface area contributed by atoms with Crippen molar-refractivity contribution in [1.29, 1.82) is 0 Å². The zero-order valence-electron chi connectivity index (χ0n) is 18.0. The molecule has 2 aromatic rings. The summed E-state index contributed by atoms with van der Waals surface area (Å²) in [6, 6.07) is 8.51. The van der Waals surface area contributed by atoms with Crippen molar-refractivity contribution in [3.8, 4) is 0 Å². The number of allylic oxidation sites excluding steroid dienone is 3. The summed E-state index contributed by atoms with van der Waals surface area (Å²) in [5.41, 5.74) is 2.11. The van der Waals surface area contributed by atoms with E-state index in [1.807, 2.05) is 13.8 Å². The molecule has 1 aliphatic carbocycles. The molecule has 0 spiro atoms. The quantitative estimate of drug-likeness (QED) is 0.677. The van der Waals surface area contributed by atoms with Crippen molar-refractivity contribution in [2.24, 2.45) is 5.41 Å². The molecule has 1 atom stereocenters. The highest BCUT2D eigenvalue weighted by atomic mass is 19.1. The van der Waals surface area contributed by atoms with Crippen LogP contribution in [-0.4, -0.2) is 11.7 Å². The molecule has 1 amide bonds. The Kier molecular flexibility index (Phi) is 5.44. The molecule has 0 unspecified atom stereocenters. The Morgan fingerprint density at radius 2 is 1.69 bits per heavy atom. The van der Waals surface area contributed by atoms with Gasteiger partial charge in [0.05, 0.1) is 5.69 Å². The first-order valence-electron chi connectivity index (χ1n) is 10.3. The zero-order chi connectivity index (χ0) is 23.2. The minimum Gasteiger partial charge on any atom is -0.362 e. The lowest BCUT2D eigenvalue weighted by molar-refractivity contribution is -0.118. The maximum absolute atomic E-state index is 14.2. The number of hydrogen-bond acceptors (Lipinski definition) is 3. The average molecular weight is 440 g/mol. The number of nitrogens with one attached hydrogen (secondary N) is 2. The fourth-order valence-corrected chi connectivity index (χ4v) is 4.51. The Balaban J connectivity index is 1.80. The SMILES string of the molecule is CC1=C(C(=O)Nc2ccc(F)cc2F)[C@@H](c2ccc(F)cc2)C2=C(CC(C)(C)CC2=O)N1. The summed E-state index contributed by atoms with van der Waals surface area (Å²) in [6.07, 6.45) is 0.927. The molecular formula is C25H23F3N2O2. The highest BCUT2D eigenvalue weighted by Gasteiger charge is 2.42. The number of ketones is 1. The molecule has 32 heavy (non-hydrogen) atoms. The van der Waals surface area contributed by atoms with Gasteiger partial charge in [-0.3, -0.25) is 9.59 Å². The minimum atomic E-state index is -0.908. The van der Waals surface area contributed by atoms with Gasteiger partial charge in [0, 0.05) is 40.9 Å². The highest BCUT2D eigenvalue weighted by molar-refractivity contribution is 6.10. The molecule has 4 rings (SSSR count). The predicted octanol–water partition coefficient (Wildman–Crippen LogP) is 5.35. The summed E-state index contributed by atoms with van der Waals surface area (Å²) in [6.45, 7) is 5.71. The Bertz CT molecular complexity index is 1180. The number of benzene rings is 2. The summed E-state index contributed by atoms with van der Waals surface area (Å²) in [5, 5.41) is 5.69. The topological polar surface area (TPSA) is 58.2 Å². The van der Waals surface area contributed by atoms with Gasteiger partial charge in [-0.15, -0.1) is 0 Å². The van der Waals surface area contributed by atoms with E-state index < -0.39 is 29.3 Å². The number of Topliss-reactive ketones (excluding diaryl/α,β-unsaturated/α-hetero) is 1. The molecule has 0 bridgehead atoms. The van der Waals surface area contributed by atoms with E-state index in [1.54, 1.807) is 19.1 Å². The summed E-state index contributed by atoms with van der Waals surface area (Å²) < 4.78 is 41.0.